The van der Waals surface area contributed by atoms with E-state index in [0.717, 1.165) is 18.3 Å². The molecule has 1 aromatic heterocycles. The minimum absolute atomic E-state index is 0.148. The van der Waals surface area contributed by atoms with Crippen molar-refractivity contribution in [1.82, 2.24) is 15.2 Å². The number of thiazole rings is 1. The molecule has 3 rings (SSSR count). The molecule has 2 aliphatic rings. The molecule has 1 saturated carbocycles. The Morgan fingerprint density at radius 2 is 2.38 bits per heavy atom. The molecule has 16 heavy (non-hydrogen) atoms. The first-order chi connectivity index (χ1) is 7.68. The number of hydrogen-bond donors (Lipinski definition) is 1. The van der Waals surface area contributed by atoms with E-state index >= 15 is 0 Å². The van der Waals surface area contributed by atoms with E-state index in [1.807, 2.05) is 11.3 Å². The summed E-state index contributed by atoms with van der Waals surface area (Å²) in [6, 6.07) is 0.746. The van der Waals surface area contributed by atoms with Crippen LogP contribution in [0.5, 0.6) is 0 Å². The Hall–Kier alpha value is -0.450. The molecule has 0 radical (unpaired) electrons. The summed E-state index contributed by atoms with van der Waals surface area (Å²) < 4.78 is 0. The van der Waals surface area contributed by atoms with Crippen molar-refractivity contribution in [2.75, 3.05) is 20.1 Å². The van der Waals surface area contributed by atoms with E-state index in [9.17, 15) is 0 Å². The maximum Gasteiger partial charge on any atom is 0.114 e. The van der Waals surface area contributed by atoms with Gasteiger partial charge in [0.15, 0.2) is 0 Å². The van der Waals surface area contributed by atoms with E-state index < -0.39 is 0 Å². The van der Waals surface area contributed by atoms with Crippen LogP contribution >= 0.6 is 11.3 Å². The van der Waals surface area contributed by atoms with Crippen LogP contribution in [-0.2, 0) is 5.54 Å². The summed E-state index contributed by atoms with van der Waals surface area (Å²) in [5, 5.41) is 7.30. The van der Waals surface area contributed by atoms with Crippen LogP contribution in [0.4, 0.5) is 0 Å². The molecule has 4 heteroatoms. The molecule has 3 nitrogen and oxygen atoms in total. The fraction of sp³-hybridized carbons (Fsp3) is 0.750. The minimum Gasteiger partial charge on any atom is -0.304 e. The van der Waals surface area contributed by atoms with Crippen LogP contribution in [0.1, 0.15) is 30.0 Å². The smallest absolute Gasteiger partial charge is 0.114 e. The Bertz CT molecular complexity index is 385. The van der Waals surface area contributed by atoms with Crippen molar-refractivity contribution < 1.29 is 0 Å². The van der Waals surface area contributed by atoms with E-state index in [-0.39, 0.29) is 5.54 Å². The van der Waals surface area contributed by atoms with Crippen LogP contribution in [0.3, 0.4) is 0 Å². The van der Waals surface area contributed by atoms with Gasteiger partial charge in [0.2, 0.25) is 0 Å². The monoisotopic (exact) mass is 237 g/mol. The molecule has 0 amide bonds. The van der Waals surface area contributed by atoms with Gasteiger partial charge < -0.3 is 10.2 Å². The van der Waals surface area contributed by atoms with Crippen molar-refractivity contribution in [2.24, 2.45) is 0 Å². The highest BCUT2D eigenvalue weighted by Gasteiger charge is 2.43. The standard InChI is InChI=1S/C12H19N3S/c1-9-7-16-11(13-9)12(14-10-3-4-10)5-6-15(2)8-12/h7,10,14H,3-6,8H2,1-2H3. The Kier molecular flexibility index (Phi) is 2.53. The van der Waals surface area contributed by atoms with E-state index in [4.69, 9.17) is 4.98 Å². The quantitative estimate of drug-likeness (QED) is 0.868. The first-order valence-electron chi connectivity index (χ1n) is 6.07. The number of nitrogens with zero attached hydrogens (tertiary/aromatic N) is 2. The normalized spacial score (nSPS) is 31.1. The summed E-state index contributed by atoms with van der Waals surface area (Å²) in [5.41, 5.74) is 1.31. The summed E-state index contributed by atoms with van der Waals surface area (Å²) in [5.74, 6) is 0. The Balaban J connectivity index is 1.88. The molecule has 2 heterocycles. The van der Waals surface area contributed by atoms with Crippen LogP contribution in [0.15, 0.2) is 5.38 Å². The molecule has 1 aliphatic carbocycles. The zero-order valence-corrected chi connectivity index (χ0v) is 10.8. The first kappa shape index (κ1) is 10.7. The maximum atomic E-state index is 4.71. The largest absolute Gasteiger partial charge is 0.304 e. The second kappa shape index (κ2) is 3.79. The van der Waals surface area contributed by atoms with Crippen molar-refractivity contribution in [3.8, 4) is 0 Å². The van der Waals surface area contributed by atoms with E-state index in [2.05, 4.69) is 29.6 Å². The SMILES string of the molecule is Cc1csc(C2(NC3CC3)CCN(C)C2)n1. The van der Waals surface area contributed by atoms with E-state index in [0.29, 0.717) is 0 Å². The number of nitrogens with one attached hydrogen (secondary N) is 1. The highest BCUT2D eigenvalue weighted by Crippen LogP contribution is 2.36. The van der Waals surface area contributed by atoms with E-state index in [1.165, 1.54) is 30.8 Å². The zero-order valence-electron chi connectivity index (χ0n) is 9.99. The molecule has 0 aromatic carbocycles. The summed E-state index contributed by atoms with van der Waals surface area (Å²) in [6.07, 6.45) is 3.89. The third-order valence-electron chi connectivity index (χ3n) is 3.55. The molecule has 1 atom stereocenters. The van der Waals surface area contributed by atoms with Crippen molar-refractivity contribution in [3.05, 3.63) is 16.1 Å². The minimum atomic E-state index is 0.148. The Labute approximate surface area is 101 Å². The van der Waals surface area contributed by atoms with Gasteiger partial charge in [-0.05, 0) is 33.2 Å². The van der Waals surface area contributed by atoms with Crippen molar-refractivity contribution in [3.63, 3.8) is 0 Å². The molecule has 1 N–H and O–H groups in total. The summed E-state index contributed by atoms with van der Waals surface area (Å²) in [4.78, 5) is 7.12. The van der Waals surface area contributed by atoms with Crippen molar-refractivity contribution in [2.45, 2.75) is 37.8 Å². The molecule has 1 saturated heterocycles. The van der Waals surface area contributed by atoms with Gasteiger partial charge >= 0.3 is 0 Å². The average Bonchev–Trinajstić information content (AvgIpc) is 2.80. The Morgan fingerprint density at radius 3 is 2.88 bits per heavy atom. The fourth-order valence-electron chi connectivity index (χ4n) is 2.55. The third kappa shape index (κ3) is 1.90. The topological polar surface area (TPSA) is 28.2 Å². The van der Waals surface area contributed by atoms with Gasteiger partial charge in [-0.3, -0.25) is 0 Å². The highest BCUT2D eigenvalue weighted by molar-refractivity contribution is 7.09. The van der Waals surface area contributed by atoms with Gasteiger partial charge in [0, 0.05) is 30.2 Å². The molecular weight excluding hydrogens is 218 g/mol. The lowest BCUT2D eigenvalue weighted by Crippen LogP contribution is -2.45. The average molecular weight is 237 g/mol. The van der Waals surface area contributed by atoms with Crippen LogP contribution in [0.2, 0.25) is 0 Å². The number of aromatic nitrogens is 1. The lowest BCUT2D eigenvalue weighted by atomic mass is 9.99. The second-order valence-corrected chi connectivity index (χ2v) is 6.14. The van der Waals surface area contributed by atoms with Gasteiger partial charge in [0.25, 0.3) is 0 Å². The number of likely N-dealkylation sites (N-methyl/N-ethyl adjacent to an activating group) is 1. The molecule has 2 fully saturated rings. The van der Waals surface area contributed by atoms with Crippen molar-refractivity contribution in [1.29, 1.82) is 0 Å². The number of rotatable bonds is 3. The zero-order chi connectivity index (χ0) is 11.2. The third-order valence-corrected chi connectivity index (χ3v) is 4.71. The van der Waals surface area contributed by atoms with Gasteiger partial charge in [0.05, 0.1) is 5.54 Å². The highest BCUT2D eigenvalue weighted by atomic mass is 32.1. The molecule has 0 bridgehead atoms. The molecule has 1 aromatic rings. The van der Waals surface area contributed by atoms with Crippen LogP contribution in [-0.4, -0.2) is 36.1 Å². The molecule has 1 aliphatic heterocycles. The van der Waals surface area contributed by atoms with Gasteiger partial charge in [-0.15, -0.1) is 11.3 Å². The molecule has 1 unspecified atom stereocenters. The number of hydrogen-bond acceptors (Lipinski definition) is 4. The first-order valence-corrected chi connectivity index (χ1v) is 6.95. The van der Waals surface area contributed by atoms with Gasteiger partial charge in [-0.25, -0.2) is 4.98 Å². The predicted octanol–water partition coefficient (Wildman–Crippen LogP) is 1.73. The lowest BCUT2D eigenvalue weighted by molar-refractivity contribution is 0.312. The van der Waals surface area contributed by atoms with Crippen LogP contribution in [0.25, 0.3) is 0 Å². The van der Waals surface area contributed by atoms with Gasteiger partial charge in [-0.1, -0.05) is 0 Å². The summed E-state index contributed by atoms with van der Waals surface area (Å²) in [6.45, 7) is 4.37. The summed E-state index contributed by atoms with van der Waals surface area (Å²) in [7, 11) is 2.21. The van der Waals surface area contributed by atoms with Gasteiger partial charge in [-0.2, -0.15) is 0 Å². The number of likely N-dealkylation sites (tertiary alicyclic amines) is 1. The van der Waals surface area contributed by atoms with Crippen LogP contribution in [0, 0.1) is 6.92 Å². The molecule has 88 valence electrons. The number of aryl methyl sites for hydroxylation is 1. The Morgan fingerprint density at radius 1 is 1.56 bits per heavy atom. The second-order valence-electron chi connectivity index (χ2n) is 5.28. The summed E-state index contributed by atoms with van der Waals surface area (Å²) >= 11 is 1.82. The van der Waals surface area contributed by atoms with Crippen molar-refractivity contribution >= 4 is 11.3 Å². The van der Waals surface area contributed by atoms with E-state index in [1.54, 1.807) is 0 Å². The predicted molar refractivity (Wildman–Crippen MR) is 66.8 cm³/mol. The fourth-order valence-corrected chi connectivity index (χ4v) is 3.53. The van der Waals surface area contributed by atoms with Crippen LogP contribution < -0.4 is 5.32 Å². The molecular formula is C12H19N3S. The lowest BCUT2D eigenvalue weighted by Gasteiger charge is -2.28. The maximum absolute atomic E-state index is 4.71. The van der Waals surface area contributed by atoms with Gasteiger partial charge in [0.1, 0.15) is 5.01 Å². The molecule has 0 spiro atoms.